The van der Waals surface area contributed by atoms with Gasteiger partial charge in [0.1, 0.15) is 0 Å². The lowest BCUT2D eigenvalue weighted by molar-refractivity contribution is 1.17. The van der Waals surface area contributed by atoms with Gasteiger partial charge in [-0.15, -0.1) is 0 Å². The fraction of sp³-hybridized carbons (Fsp3) is 0.0204. The van der Waals surface area contributed by atoms with Gasteiger partial charge in [0, 0.05) is 32.7 Å². The molecule has 2 nitrogen and oxygen atoms in total. The molecule has 0 aliphatic carbocycles. The summed E-state index contributed by atoms with van der Waals surface area (Å²) in [5.41, 5.74) is 14.1. The lowest BCUT2D eigenvalue weighted by Crippen LogP contribution is -1.98. The predicted molar refractivity (Wildman–Crippen MR) is 219 cm³/mol. The molecule has 0 saturated heterocycles. The fourth-order valence-electron chi connectivity index (χ4n) is 7.92. The van der Waals surface area contributed by atoms with E-state index < -0.39 is 0 Å². The molecule has 2 heterocycles. The second-order valence-electron chi connectivity index (χ2n) is 12.9. The van der Waals surface area contributed by atoms with E-state index in [0.717, 1.165) is 16.8 Å². The van der Waals surface area contributed by atoms with Gasteiger partial charge in [0.2, 0.25) is 0 Å². The third kappa shape index (κ3) is 4.87. The zero-order valence-electron chi connectivity index (χ0n) is 28.5. The molecule has 0 aliphatic rings. The van der Waals surface area contributed by atoms with E-state index >= 15 is 0 Å². The Kier molecular flexibility index (Phi) is 7.56. The summed E-state index contributed by atoms with van der Waals surface area (Å²) >= 11 is 0. The Morgan fingerprint density at radius 2 is 0.961 bits per heavy atom. The maximum Gasteiger partial charge on any atom is 0.0547 e. The number of aromatic nitrogens is 2. The van der Waals surface area contributed by atoms with Crippen molar-refractivity contribution in [1.82, 2.24) is 9.13 Å². The standard InChI is InChI=1S/C49H36N2/c1-3-5-19-34(4-2)36-22-9-13-28-42(36)50-44-30-15-11-24-40(44)48-38(26-17-32-46(48)50)39-27-18-33-47-49(39)41-25-12-16-31-45(41)51(47)43-29-14-10-23-37(43)35-20-7-6-8-21-35/h3-33H,2H2,1H3/b5-3-,34-19+. The van der Waals surface area contributed by atoms with Gasteiger partial charge in [0.25, 0.3) is 0 Å². The second kappa shape index (κ2) is 12.7. The van der Waals surface area contributed by atoms with Crippen LogP contribution < -0.4 is 0 Å². The number of benzene rings is 7. The van der Waals surface area contributed by atoms with E-state index in [-0.39, 0.29) is 0 Å². The molecule has 242 valence electrons. The minimum Gasteiger partial charge on any atom is -0.309 e. The molecule has 0 atom stereocenters. The van der Waals surface area contributed by atoms with E-state index in [9.17, 15) is 0 Å². The van der Waals surface area contributed by atoms with Gasteiger partial charge in [-0.25, -0.2) is 0 Å². The molecule has 0 spiro atoms. The molecular formula is C49H36N2. The SMILES string of the molecule is C=C/C(=C\C=C/C)c1ccccc1-n1c2ccccc2c2c(-c3cccc4c3c3ccccc3n4-c3ccccc3-c3ccccc3)cccc21. The quantitative estimate of drug-likeness (QED) is 0.152. The lowest BCUT2D eigenvalue weighted by Gasteiger charge is -2.15. The van der Waals surface area contributed by atoms with Crippen molar-refractivity contribution in [2.24, 2.45) is 0 Å². The highest BCUT2D eigenvalue weighted by Crippen LogP contribution is 2.45. The van der Waals surface area contributed by atoms with E-state index in [1.807, 2.05) is 13.0 Å². The molecule has 0 radical (unpaired) electrons. The third-order valence-corrected chi connectivity index (χ3v) is 10.1. The average Bonchev–Trinajstić information content (AvgIpc) is 3.72. The maximum absolute atomic E-state index is 4.18. The highest BCUT2D eigenvalue weighted by atomic mass is 15.0. The Bertz CT molecular complexity index is 2820. The third-order valence-electron chi connectivity index (χ3n) is 10.1. The number of fused-ring (bicyclic) bond motifs is 6. The summed E-state index contributed by atoms with van der Waals surface area (Å²) in [5, 5.41) is 4.96. The van der Waals surface area contributed by atoms with Gasteiger partial charge in [0.15, 0.2) is 0 Å². The molecule has 0 unspecified atom stereocenters. The van der Waals surface area contributed by atoms with Crippen molar-refractivity contribution >= 4 is 49.2 Å². The van der Waals surface area contributed by atoms with Crippen molar-refractivity contribution in [1.29, 1.82) is 0 Å². The van der Waals surface area contributed by atoms with Crippen molar-refractivity contribution < 1.29 is 0 Å². The van der Waals surface area contributed by atoms with Crippen LogP contribution in [-0.2, 0) is 0 Å². The first kappa shape index (κ1) is 30.4. The first-order chi connectivity index (χ1) is 25.3. The van der Waals surface area contributed by atoms with Crippen LogP contribution in [0.15, 0.2) is 195 Å². The first-order valence-corrected chi connectivity index (χ1v) is 17.5. The van der Waals surface area contributed by atoms with E-state index in [1.54, 1.807) is 0 Å². The molecule has 7 aromatic carbocycles. The summed E-state index contributed by atoms with van der Waals surface area (Å²) in [7, 11) is 0. The van der Waals surface area contributed by atoms with E-state index in [4.69, 9.17) is 0 Å². The summed E-state index contributed by atoms with van der Waals surface area (Å²) in [6.45, 7) is 6.22. The smallest absolute Gasteiger partial charge is 0.0547 e. The summed E-state index contributed by atoms with van der Waals surface area (Å²) in [5.74, 6) is 0. The molecule has 0 bridgehead atoms. The van der Waals surface area contributed by atoms with Crippen LogP contribution in [0.2, 0.25) is 0 Å². The van der Waals surface area contributed by atoms with Crippen LogP contribution in [0.25, 0.3) is 82.8 Å². The van der Waals surface area contributed by atoms with Crippen LogP contribution in [0.5, 0.6) is 0 Å². The molecular weight excluding hydrogens is 617 g/mol. The normalized spacial score (nSPS) is 12.1. The van der Waals surface area contributed by atoms with Crippen molar-refractivity contribution in [2.45, 2.75) is 6.92 Å². The second-order valence-corrected chi connectivity index (χ2v) is 12.9. The van der Waals surface area contributed by atoms with Crippen molar-refractivity contribution in [3.8, 4) is 33.6 Å². The summed E-state index contributed by atoms with van der Waals surface area (Å²) in [4.78, 5) is 0. The van der Waals surface area contributed by atoms with Crippen LogP contribution >= 0.6 is 0 Å². The molecule has 0 saturated carbocycles. The molecule has 9 aromatic rings. The average molecular weight is 653 g/mol. The van der Waals surface area contributed by atoms with Gasteiger partial charge in [-0.2, -0.15) is 0 Å². The number of para-hydroxylation sites is 4. The maximum atomic E-state index is 4.18. The van der Waals surface area contributed by atoms with Gasteiger partial charge in [-0.1, -0.05) is 158 Å². The highest BCUT2D eigenvalue weighted by Gasteiger charge is 2.22. The van der Waals surface area contributed by atoms with Crippen LogP contribution in [0.4, 0.5) is 0 Å². The molecule has 0 N–H and O–H groups in total. The Morgan fingerprint density at radius 3 is 1.59 bits per heavy atom. The van der Waals surface area contributed by atoms with Crippen LogP contribution in [0.1, 0.15) is 12.5 Å². The Labute approximate surface area is 298 Å². The number of allylic oxidation sites excluding steroid dienone is 5. The van der Waals surface area contributed by atoms with Crippen molar-refractivity contribution in [3.05, 3.63) is 200 Å². The van der Waals surface area contributed by atoms with Gasteiger partial charge in [-0.3, -0.25) is 0 Å². The van der Waals surface area contributed by atoms with Crippen molar-refractivity contribution in [2.75, 3.05) is 0 Å². The number of nitrogens with zero attached hydrogens (tertiary/aromatic N) is 2. The van der Waals surface area contributed by atoms with Gasteiger partial charge in [-0.05, 0) is 65.6 Å². The summed E-state index contributed by atoms with van der Waals surface area (Å²) in [6.07, 6.45) is 8.21. The van der Waals surface area contributed by atoms with Crippen LogP contribution in [0.3, 0.4) is 0 Å². The molecule has 51 heavy (non-hydrogen) atoms. The zero-order chi connectivity index (χ0) is 34.3. The number of rotatable bonds is 7. The minimum atomic E-state index is 1.08. The van der Waals surface area contributed by atoms with Crippen molar-refractivity contribution in [3.63, 3.8) is 0 Å². The van der Waals surface area contributed by atoms with Gasteiger partial charge < -0.3 is 9.13 Å². The Morgan fingerprint density at radius 1 is 0.471 bits per heavy atom. The lowest BCUT2D eigenvalue weighted by atomic mass is 9.95. The summed E-state index contributed by atoms with van der Waals surface area (Å²) in [6, 6.07) is 59.3. The van der Waals surface area contributed by atoms with E-state index in [2.05, 4.69) is 198 Å². The monoisotopic (exact) mass is 652 g/mol. The predicted octanol–water partition coefficient (Wildman–Crippen LogP) is 13.4. The zero-order valence-corrected chi connectivity index (χ0v) is 28.5. The minimum absolute atomic E-state index is 1.08. The number of hydrogen-bond donors (Lipinski definition) is 0. The first-order valence-electron chi connectivity index (χ1n) is 17.5. The fourth-order valence-corrected chi connectivity index (χ4v) is 7.92. The molecule has 0 aliphatic heterocycles. The molecule has 9 rings (SSSR count). The Hall–Kier alpha value is -6.64. The van der Waals surface area contributed by atoms with E-state index in [1.165, 1.54) is 71.6 Å². The number of hydrogen-bond acceptors (Lipinski definition) is 0. The van der Waals surface area contributed by atoms with E-state index in [0.29, 0.717) is 0 Å². The highest BCUT2D eigenvalue weighted by molar-refractivity contribution is 6.22. The summed E-state index contributed by atoms with van der Waals surface area (Å²) < 4.78 is 4.88. The van der Waals surface area contributed by atoms with Gasteiger partial charge >= 0.3 is 0 Å². The topological polar surface area (TPSA) is 9.86 Å². The largest absolute Gasteiger partial charge is 0.309 e. The molecule has 0 amide bonds. The van der Waals surface area contributed by atoms with Gasteiger partial charge in [0.05, 0.1) is 33.4 Å². The Balaban J connectivity index is 1.36. The molecule has 2 heteroatoms. The van der Waals surface area contributed by atoms with Crippen LogP contribution in [0, 0.1) is 0 Å². The molecule has 2 aromatic heterocycles. The molecule has 0 fully saturated rings. The van der Waals surface area contributed by atoms with Crippen LogP contribution in [-0.4, -0.2) is 9.13 Å².